The summed E-state index contributed by atoms with van der Waals surface area (Å²) in [6.45, 7) is 0. The molecule has 0 aliphatic heterocycles. The maximum Gasteiger partial charge on any atom is 0.240 e. The molecule has 0 heterocycles. The number of benzene rings is 1. The molecule has 1 aromatic rings. The second kappa shape index (κ2) is 5.50. The third kappa shape index (κ3) is 3.18. The van der Waals surface area contributed by atoms with Crippen molar-refractivity contribution < 1.29 is 13.5 Å². The van der Waals surface area contributed by atoms with E-state index in [1.54, 1.807) is 11.8 Å². The lowest BCUT2D eigenvalue weighted by atomic mass is 10.3. The summed E-state index contributed by atoms with van der Waals surface area (Å²) < 4.78 is 26.9. The van der Waals surface area contributed by atoms with Crippen LogP contribution in [0.2, 0.25) is 0 Å². The molecule has 0 aromatic heterocycles. The molecule has 2 N–H and O–H groups in total. The molecule has 100 valence electrons. The number of hydrogen-bond donors (Lipinski definition) is 2. The average molecular weight is 287 g/mol. The first-order chi connectivity index (χ1) is 8.51. The zero-order valence-corrected chi connectivity index (χ0v) is 11.8. The molecular weight excluding hydrogens is 270 g/mol. The maximum atomic E-state index is 12.1. The zero-order chi connectivity index (χ0) is 13.2. The molecule has 1 aromatic carbocycles. The van der Waals surface area contributed by atoms with Crippen LogP contribution in [0.4, 0.5) is 0 Å². The topological polar surface area (TPSA) is 66.4 Å². The number of phenols is 1. The van der Waals surface area contributed by atoms with Crippen LogP contribution < -0.4 is 4.72 Å². The molecule has 2 atom stereocenters. The van der Waals surface area contributed by atoms with Gasteiger partial charge in [-0.2, -0.15) is 11.8 Å². The highest BCUT2D eigenvalue weighted by atomic mass is 32.2. The van der Waals surface area contributed by atoms with Gasteiger partial charge in [0.25, 0.3) is 0 Å². The number of sulfonamides is 1. The fourth-order valence-corrected chi connectivity index (χ4v) is 4.32. The van der Waals surface area contributed by atoms with Gasteiger partial charge in [-0.25, -0.2) is 13.1 Å². The van der Waals surface area contributed by atoms with Gasteiger partial charge in [0, 0.05) is 11.3 Å². The van der Waals surface area contributed by atoms with E-state index in [4.69, 9.17) is 0 Å². The number of thioether (sulfide) groups is 1. The van der Waals surface area contributed by atoms with Crippen LogP contribution in [-0.4, -0.2) is 31.1 Å². The molecule has 6 heteroatoms. The number of nitrogens with one attached hydrogen (secondary N) is 1. The lowest BCUT2D eigenvalue weighted by Crippen LogP contribution is -2.33. The lowest BCUT2D eigenvalue weighted by molar-refractivity contribution is 0.472. The van der Waals surface area contributed by atoms with Gasteiger partial charge in [-0.3, -0.25) is 0 Å². The Bertz CT molecular complexity index is 516. The minimum Gasteiger partial charge on any atom is -0.508 e. The van der Waals surface area contributed by atoms with Gasteiger partial charge in [-0.15, -0.1) is 0 Å². The number of rotatable bonds is 4. The minimum absolute atomic E-state index is 0.00907. The van der Waals surface area contributed by atoms with Crippen LogP contribution in [-0.2, 0) is 10.0 Å². The SMILES string of the molecule is CSC1CCC(NS(=O)(=O)c2cccc(O)c2)C1. The van der Waals surface area contributed by atoms with Crippen LogP contribution in [0.15, 0.2) is 29.2 Å². The average Bonchev–Trinajstić information content (AvgIpc) is 2.76. The van der Waals surface area contributed by atoms with Crippen molar-refractivity contribution in [2.24, 2.45) is 0 Å². The molecular formula is C12H17NO3S2. The third-order valence-corrected chi connectivity index (χ3v) is 5.78. The predicted octanol–water partition coefficient (Wildman–Crippen LogP) is 1.95. The van der Waals surface area contributed by atoms with Gasteiger partial charge >= 0.3 is 0 Å². The minimum atomic E-state index is -3.52. The summed E-state index contributed by atoms with van der Waals surface area (Å²) in [5, 5.41) is 9.87. The van der Waals surface area contributed by atoms with Gasteiger partial charge in [-0.1, -0.05) is 6.07 Å². The fraction of sp³-hybridized carbons (Fsp3) is 0.500. The fourth-order valence-electron chi connectivity index (χ4n) is 2.20. The highest BCUT2D eigenvalue weighted by Gasteiger charge is 2.28. The normalized spacial score (nSPS) is 24.3. The van der Waals surface area contributed by atoms with Crippen LogP contribution in [0.1, 0.15) is 19.3 Å². The van der Waals surface area contributed by atoms with Gasteiger partial charge < -0.3 is 5.11 Å². The molecule has 0 amide bonds. The van der Waals surface area contributed by atoms with Gasteiger partial charge in [-0.05, 0) is 43.7 Å². The van der Waals surface area contributed by atoms with Crippen molar-refractivity contribution in [3.05, 3.63) is 24.3 Å². The molecule has 0 spiro atoms. The van der Waals surface area contributed by atoms with Crippen LogP contribution in [0.3, 0.4) is 0 Å². The zero-order valence-electron chi connectivity index (χ0n) is 10.2. The van der Waals surface area contributed by atoms with Crippen LogP contribution >= 0.6 is 11.8 Å². The van der Waals surface area contributed by atoms with E-state index in [9.17, 15) is 13.5 Å². The van der Waals surface area contributed by atoms with E-state index in [0.29, 0.717) is 5.25 Å². The highest BCUT2D eigenvalue weighted by molar-refractivity contribution is 7.99. The first-order valence-corrected chi connectivity index (χ1v) is 8.62. The molecule has 1 saturated carbocycles. The van der Waals surface area contributed by atoms with Crippen molar-refractivity contribution in [3.8, 4) is 5.75 Å². The summed E-state index contributed by atoms with van der Waals surface area (Å²) in [5.41, 5.74) is 0. The predicted molar refractivity (Wildman–Crippen MR) is 73.4 cm³/mol. The standard InChI is InChI=1S/C12H17NO3S2/c1-17-11-6-5-9(7-11)13-18(15,16)12-4-2-3-10(14)8-12/h2-4,8-9,11,13-14H,5-7H2,1H3. The summed E-state index contributed by atoms with van der Waals surface area (Å²) in [6, 6.07) is 5.75. The molecule has 0 radical (unpaired) electrons. The Morgan fingerprint density at radius 2 is 2.17 bits per heavy atom. The molecule has 18 heavy (non-hydrogen) atoms. The van der Waals surface area contributed by atoms with Crippen molar-refractivity contribution in [1.29, 1.82) is 0 Å². The number of phenolic OH excluding ortho intramolecular Hbond substituents is 1. The number of aromatic hydroxyl groups is 1. The third-order valence-electron chi connectivity index (χ3n) is 3.17. The van der Waals surface area contributed by atoms with E-state index in [1.165, 1.54) is 24.3 Å². The Hall–Kier alpha value is -0.720. The lowest BCUT2D eigenvalue weighted by Gasteiger charge is -2.13. The van der Waals surface area contributed by atoms with Crippen molar-refractivity contribution in [1.82, 2.24) is 4.72 Å². The van der Waals surface area contributed by atoms with E-state index in [2.05, 4.69) is 11.0 Å². The van der Waals surface area contributed by atoms with E-state index in [-0.39, 0.29) is 16.7 Å². The van der Waals surface area contributed by atoms with E-state index in [0.717, 1.165) is 19.3 Å². The maximum absolute atomic E-state index is 12.1. The van der Waals surface area contributed by atoms with Crippen LogP contribution in [0.5, 0.6) is 5.75 Å². The summed E-state index contributed by atoms with van der Waals surface area (Å²) in [7, 11) is -3.52. The highest BCUT2D eigenvalue weighted by Crippen LogP contribution is 2.29. The van der Waals surface area contributed by atoms with Crippen LogP contribution in [0, 0.1) is 0 Å². The van der Waals surface area contributed by atoms with Crippen molar-refractivity contribution in [2.75, 3.05) is 6.26 Å². The van der Waals surface area contributed by atoms with Gasteiger partial charge in [0.1, 0.15) is 5.75 Å². The van der Waals surface area contributed by atoms with Crippen molar-refractivity contribution >= 4 is 21.8 Å². The Morgan fingerprint density at radius 1 is 1.39 bits per heavy atom. The van der Waals surface area contributed by atoms with Gasteiger partial charge in [0.05, 0.1) is 4.90 Å². The Morgan fingerprint density at radius 3 is 2.78 bits per heavy atom. The molecule has 4 nitrogen and oxygen atoms in total. The second-order valence-corrected chi connectivity index (χ2v) is 7.34. The molecule has 1 aliphatic carbocycles. The summed E-state index contributed by atoms with van der Waals surface area (Å²) in [6.07, 6.45) is 4.86. The number of hydrogen-bond acceptors (Lipinski definition) is 4. The first kappa shape index (κ1) is 13.7. The second-order valence-electron chi connectivity index (χ2n) is 4.49. The largest absolute Gasteiger partial charge is 0.508 e. The van der Waals surface area contributed by atoms with Crippen LogP contribution in [0.25, 0.3) is 0 Å². The van der Waals surface area contributed by atoms with E-state index >= 15 is 0 Å². The molecule has 1 fully saturated rings. The molecule has 0 saturated heterocycles. The first-order valence-electron chi connectivity index (χ1n) is 5.85. The van der Waals surface area contributed by atoms with Gasteiger partial charge in [0.15, 0.2) is 0 Å². The quantitative estimate of drug-likeness (QED) is 0.888. The smallest absolute Gasteiger partial charge is 0.240 e. The van der Waals surface area contributed by atoms with Gasteiger partial charge in [0.2, 0.25) is 10.0 Å². The summed E-state index contributed by atoms with van der Waals surface area (Å²) in [4.78, 5) is 0.120. The monoisotopic (exact) mass is 287 g/mol. The molecule has 2 unspecified atom stereocenters. The Labute approximate surface area is 112 Å². The Kier molecular flexibility index (Phi) is 4.19. The summed E-state index contributed by atoms with van der Waals surface area (Å²) >= 11 is 1.79. The molecule has 0 bridgehead atoms. The summed E-state index contributed by atoms with van der Waals surface area (Å²) in [5.74, 6) is -0.0358. The molecule has 1 aliphatic rings. The van der Waals surface area contributed by atoms with E-state index in [1.807, 2.05) is 0 Å². The Balaban J connectivity index is 2.09. The van der Waals surface area contributed by atoms with E-state index < -0.39 is 10.0 Å². The molecule has 2 rings (SSSR count). The van der Waals surface area contributed by atoms with Crippen molar-refractivity contribution in [3.63, 3.8) is 0 Å². The van der Waals surface area contributed by atoms with Crippen molar-refractivity contribution in [2.45, 2.75) is 35.4 Å².